The maximum atomic E-state index is 12.0. The highest BCUT2D eigenvalue weighted by atomic mass is 35.5. The molecule has 0 saturated heterocycles. The van der Waals surface area contributed by atoms with E-state index in [2.05, 4.69) is 6.07 Å². The molecular weight excluding hydrogens is 264 g/mol. The summed E-state index contributed by atoms with van der Waals surface area (Å²) < 4.78 is 6.98. The van der Waals surface area contributed by atoms with Crippen molar-refractivity contribution in [2.24, 2.45) is 0 Å². The van der Waals surface area contributed by atoms with Crippen LogP contribution in [0.5, 0.6) is 0 Å². The number of benzene rings is 1. The van der Waals surface area contributed by atoms with Gasteiger partial charge >= 0.3 is 5.76 Å². The van der Waals surface area contributed by atoms with Crippen LogP contribution < -0.4 is 5.76 Å². The van der Waals surface area contributed by atoms with Gasteiger partial charge in [-0.3, -0.25) is 4.57 Å². The normalized spacial score (nSPS) is 15.9. The molecule has 1 aromatic heterocycles. The van der Waals surface area contributed by atoms with Gasteiger partial charge in [-0.05, 0) is 31.0 Å². The Morgan fingerprint density at radius 1 is 1.26 bits per heavy atom. The quantitative estimate of drug-likeness (QED) is 0.803. The second-order valence-corrected chi connectivity index (χ2v) is 4.82. The monoisotopic (exact) mass is 278 g/mol. The number of aromatic nitrogens is 1. The standard InChI is InChI=1S/C14H14N2O2.ClH/c15-9-10-6-7-13-12(8-10)16(14(17)18-13)11-4-2-1-3-5-11;/h6-8,11H,1-5H2;1H. The van der Waals surface area contributed by atoms with Gasteiger partial charge < -0.3 is 4.42 Å². The van der Waals surface area contributed by atoms with Crippen molar-refractivity contribution in [2.45, 2.75) is 38.1 Å². The van der Waals surface area contributed by atoms with E-state index in [-0.39, 0.29) is 24.2 Å². The van der Waals surface area contributed by atoms with Gasteiger partial charge in [0.1, 0.15) is 0 Å². The molecule has 1 aliphatic carbocycles. The molecular formula is C14H15ClN2O2. The van der Waals surface area contributed by atoms with E-state index in [1.165, 1.54) is 6.42 Å². The molecule has 1 aliphatic rings. The van der Waals surface area contributed by atoms with Crippen molar-refractivity contribution in [1.29, 1.82) is 5.26 Å². The first-order valence-corrected chi connectivity index (χ1v) is 6.35. The third-order valence-electron chi connectivity index (χ3n) is 3.68. The summed E-state index contributed by atoms with van der Waals surface area (Å²) >= 11 is 0. The molecule has 0 bridgehead atoms. The van der Waals surface area contributed by atoms with Crippen LogP contribution in [0, 0.1) is 11.3 Å². The second kappa shape index (κ2) is 5.50. The smallest absolute Gasteiger partial charge is 0.408 e. The molecule has 2 aromatic rings. The summed E-state index contributed by atoms with van der Waals surface area (Å²) in [4.78, 5) is 12.0. The number of oxazole rings is 1. The van der Waals surface area contributed by atoms with E-state index in [9.17, 15) is 4.79 Å². The minimum Gasteiger partial charge on any atom is -0.408 e. The Hall–Kier alpha value is -1.73. The summed E-state index contributed by atoms with van der Waals surface area (Å²) in [5.41, 5.74) is 1.89. The summed E-state index contributed by atoms with van der Waals surface area (Å²) in [6.07, 6.45) is 5.59. The van der Waals surface area contributed by atoms with Crippen LogP contribution in [0.15, 0.2) is 27.4 Å². The first-order valence-electron chi connectivity index (χ1n) is 6.35. The zero-order chi connectivity index (χ0) is 12.5. The third kappa shape index (κ3) is 2.39. The molecule has 0 aliphatic heterocycles. The number of fused-ring (bicyclic) bond motifs is 1. The van der Waals surface area contributed by atoms with Crippen LogP contribution in [0.1, 0.15) is 43.7 Å². The van der Waals surface area contributed by atoms with Gasteiger partial charge in [0.25, 0.3) is 0 Å². The summed E-state index contributed by atoms with van der Waals surface area (Å²) in [6.45, 7) is 0. The van der Waals surface area contributed by atoms with Gasteiger partial charge in [-0.25, -0.2) is 4.79 Å². The fraction of sp³-hybridized carbons (Fsp3) is 0.429. The minimum atomic E-state index is -0.299. The van der Waals surface area contributed by atoms with Crippen molar-refractivity contribution in [3.63, 3.8) is 0 Å². The molecule has 1 saturated carbocycles. The first-order chi connectivity index (χ1) is 8.79. The zero-order valence-electron chi connectivity index (χ0n) is 10.5. The van der Waals surface area contributed by atoms with Crippen molar-refractivity contribution in [3.05, 3.63) is 34.3 Å². The molecule has 3 rings (SSSR count). The summed E-state index contributed by atoms with van der Waals surface area (Å²) in [5, 5.41) is 8.94. The molecule has 0 amide bonds. The van der Waals surface area contributed by atoms with Crippen molar-refractivity contribution < 1.29 is 4.42 Å². The Balaban J connectivity index is 0.00000133. The van der Waals surface area contributed by atoms with E-state index >= 15 is 0 Å². The summed E-state index contributed by atoms with van der Waals surface area (Å²) in [5.74, 6) is -0.299. The van der Waals surface area contributed by atoms with Crippen molar-refractivity contribution in [3.8, 4) is 6.07 Å². The first kappa shape index (κ1) is 13.7. The SMILES string of the molecule is Cl.N#Cc1ccc2oc(=O)n(C3CCCCC3)c2c1. The Kier molecular flexibility index (Phi) is 3.96. The molecule has 5 heteroatoms. The predicted molar refractivity (Wildman–Crippen MR) is 74.6 cm³/mol. The van der Waals surface area contributed by atoms with Gasteiger partial charge in [0.05, 0.1) is 17.1 Å². The summed E-state index contributed by atoms with van der Waals surface area (Å²) in [7, 11) is 0. The minimum absolute atomic E-state index is 0. The van der Waals surface area contributed by atoms with Gasteiger partial charge in [0.15, 0.2) is 5.58 Å². The summed E-state index contributed by atoms with van der Waals surface area (Å²) in [6, 6.07) is 7.45. The second-order valence-electron chi connectivity index (χ2n) is 4.82. The van der Waals surface area contributed by atoms with E-state index in [0.29, 0.717) is 11.1 Å². The molecule has 0 unspecified atom stereocenters. The van der Waals surface area contributed by atoms with Crippen LogP contribution in [0.4, 0.5) is 0 Å². The Morgan fingerprint density at radius 3 is 2.68 bits per heavy atom. The van der Waals surface area contributed by atoms with Gasteiger partial charge in [-0.15, -0.1) is 12.4 Å². The predicted octanol–water partition coefficient (Wildman–Crippen LogP) is 3.39. The van der Waals surface area contributed by atoms with E-state index < -0.39 is 0 Å². The molecule has 4 nitrogen and oxygen atoms in total. The van der Waals surface area contributed by atoms with Crippen LogP contribution >= 0.6 is 12.4 Å². The van der Waals surface area contributed by atoms with E-state index in [1.54, 1.807) is 22.8 Å². The Labute approximate surface area is 117 Å². The lowest BCUT2D eigenvalue weighted by atomic mass is 9.95. The molecule has 100 valence electrons. The van der Waals surface area contributed by atoms with E-state index in [0.717, 1.165) is 31.2 Å². The maximum Gasteiger partial charge on any atom is 0.420 e. The van der Waals surface area contributed by atoms with Gasteiger partial charge in [0, 0.05) is 6.04 Å². The number of hydrogen-bond acceptors (Lipinski definition) is 3. The van der Waals surface area contributed by atoms with E-state index in [1.807, 2.05) is 0 Å². The number of halogens is 1. The Morgan fingerprint density at radius 2 is 2.00 bits per heavy atom. The average molecular weight is 279 g/mol. The number of rotatable bonds is 1. The lowest BCUT2D eigenvalue weighted by Crippen LogP contribution is -2.22. The molecule has 0 N–H and O–H groups in total. The fourth-order valence-corrected chi connectivity index (χ4v) is 2.79. The van der Waals surface area contributed by atoms with Crippen LogP contribution in [0.25, 0.3) is 11.1 Å². The van der Waals surface area contributed by atoms with Crippen molar-refractivity contribution in [2.75, 3.05) is 0 Å². The van der Waals surface area contributed by atoms with Crippen LogP contribution in [0.2, 0.25) is 0 Å². The molecule has 1 aromatic carbocycles. The largest absolute Gasteiger partial charge is 0.420 e. The fourth-order valence-electron chi connectivity index (χ4n) is 2.79. The topological polar surface area (TPSA) is 58.9 Å². The zero-order valence-corrected chi connectivity index (χ0v) is 11.3. The number of nitriles is 1. The van der Waals surface area contributed by atoms with Crippen molar-refractivity contribution >= 4 is 23.5 Å². The van der Waals surface area contributed by atoms with Crippen LogP contribution in [-0.2, 0) is 0 Å². The van der Waals surface area contributed by atoms with Gasteiger partial charge in [-0.2, -0.15) is 5.26 Å². The van der Waals surface area contributed by atoms with Crippen LogP contribution in [-0.4, -0.2) is 4.57 Å². The highest BCUT2D eigenvalue weighted by molar-refractivity contribution is 5.85. The third-order valence-corrected chi connectivity index (χ3v) is 3.68. The molecule has 0 atom stereocenters. The number of nitrogens with zero attached hydrogens (tertiary/aromatic N) is 2. The van der Waals surface area contributed by atoms with E-state index in [4.69, 9.17) is 9.68 Å². The van der Waals surface area contributed by atoms with Crippen molar-refractivity contribution in [1.82, 2.24) is 4.57 Å². The van der Waals surface area contributed by atoms with Crippen LogP contribution in [0.3, 0.4) is 0 Å². The maximum absolute atomic E-state index is 12.0. The van der Waals surface area contributed by atoms with Gasteiger partial charge in [0.2, 0.25) is 0 Å². The molecule has 0 spiro atoms. The highest BCUT2D eigenvalue weighted by Gasteiger charge is 2.21. The lowest BCUT2D eigenvalue weighted by Gasteiger charge is -2.22. The highest BCUT2D eigenvalue weighted by Crippen LogP contribution is 2.30. The molecule has 0 radical (unpaired) electrons. The average Bonchev–Trinajstić information content (AvgIpc) is 2.74. The molecule has 1 fully saturated rings. The molecule has 19 heavy (non-hydrogen) atoms. The molecule has 1 heterocycles. The Bertz CT molecular complexity index is 675. The number of hydrogen-bond donors (Lipinski definition) is 0. The lowest BCUT2D eigenvalue weighted by molar-refractivity contribution is 0.336. The van der Waals surface area contributed by atoms with Gasteiger partial charge in [-0.1, -0.05) is 19.3 Å².